The van der Waals surface area contributed by atoms with Crippen molar-refractivity contribution in [3.05, 3.63) is 42.7 Å². The molecule has 0 radical (unpaired) electrons. The number of carbonyl (C=O) groups excluding carboxylic acids is 1. The highest BCUT2D eigenvalue weighted by Crippen LogP contribution is 2.23. The van der Waals surface area contributed by atoms with E-state index in [-0.39, 0.29) is 6.03 Å². The Labute approximate surface area is 148 Å². The van der Waals surface area contributed by atoms with Crippen LogP contribution in [0.4, 0.5) is 10.5 Å². The molecule has 0 saturated carbocycles. The van der Waals surface area contributed by atoms with E-state index in [1.807, 2.05) is 46.1 Å². The summed E-state index contributed by atoms with van der Waals surface area (Å²) in [4.78, 5) is 16.8. The van der Waals surface area contributed by atoms with Crippen molar-refractivity contribution in [2.75, 3.05) is 45.2 Å². The van der Waals surface area contributed by atoms with E-state index in [0.29, 0.717) is 11.4 Å². The molecule has 1 aromatic carbocycles. The van der Waals surface area contributed by atoms with Crippen molar-refractivity contribution in [1.29, 1.82) is 0 Å². The summed E-state index contributed by atoms with van der Waals surface area (Å²) in [6.45, 7) is 5.18. The molecular formula is C18H25N5O2. The highest BCUT2D eigenvalue weighted by atomic mass is 16.5. The number of hydrogen-bond acceptors (Lipinski definition) is 4. The highest BCUT2D eigenvalue weighted by Gasteiger charge is 2.19. The van der Waals surface area contributed by atoms with Crippen LogP contribution in [0.25, 0.3) is 0 Å². The smallest absolute Gasteiger partial charge is 0.321 e. The Morgan fingerprint density at radius 2 is 2.04 bits per heavy atom. The molecule has 1 aliphatic rings. The van der Waals surface area contributed by atoms with Gasteiger partial charge < -0.3 is 15.0 Å². The molecule has 2 heterocycles. The predicted molar refractivity (Wildman–Crippen MR) is 96.9 cm³/mol. The van der Waals surface area contributed by atoms with Crippen LogP contribution >= 0.6 is 0 Å². The van der Waals surface area contributed by atoms with E-state index in [4.69, 9.17) is 4.74 Å². The van der Waals surface area contributed by atoms with Gasteiger partial charge in [0.1, 0.15) is 5.75 Å². The van der Waals surface area contributed by atoms with Gasteiger partial charge in [-0.15, -0.1) is 0 Å². The zero-order valence-corrected chi connectivity index (χ0v) is 14.6. The summed E-state index contributed by atoms with van der Waals surface area (Å²) in [7, 11) is 1.61. The summed E-state index contributed by atoms with van der Waals surface area (Å²) >= 11 is 0. The average molecular weight is 343 g/mol. The number of nitrogens with zero attached hydrogens (tertiary/aromatic N) is 4. The van der Waals surface area contributed by atoms with Crippen molar-refractivity contribution >= 4 is 11.7 Å². The average Bonchev–Trinajstić information content (AvgIpc) is 3.04. The third kappa shape index (κ3) is 4.73. The largest absolute Gasteiger partial charge is 0.495 e. The van der Waals surface area contributed by atoms with E-state index in [1.165, 1.54) is 0 Å². The zero-order chi connectivity index (χ0) is 17.5. The number of rotatable bonds is 5. The summed E-state index contributed by atoms with van der Waals surface area (Å²) < 4.78 is 7.23. The zero-order valence-electron chi connectivity index (χ0n) is 14.6. The minimum Gasteiger partial charge on any atom is -0.495 e. The second kappa shape index (κ2) is 8.53. The van der Waals surface area contributed by atoms with Crippen molar-refractivity contribution < 1.29 is 9.53 Å². The first-order chi connectivity index (χ1) is 12.3. The standard InChI is InChI=1S/C18H25N5O2/c1-25-17-7-3-2-6-16(17)20-18(24)22-10-5-9-21(12-14-22)13-15-23-11-4-8-19-23/h2-4,6-8,11H,5,9-10,12-15H2,1H3,(H,20,24). The van der Waals surface area contributed by atoms with E-state index < -0.39 is 0 Å². The molecule has 2 aromatic rings. The Morgan fingerprint density at radius 3 is 2.84 bits per heavy atom. The quantitative estimate of drug-likeness (QED) is 0.903. The molecule has 7 heteroatoms. The lowest BCUT2D eigenvalue weighted by molar-refractivity contribution is 0.210. The van der Waals surface area contributed by atoms with Crippen molar-refractivity contribution in [3.63, 3.8) is 0 Å². The van der Waals surface area contributed by atoms with E-state index in [1.54, 1.807) is 13.3 Å². The van der Waals surface area contributed by atoms with E-state index in [2.05, 4.69) is 15.3 Å². The topological polar surface area (TPSA) is 62.6 Å². The van der Waals surface area contributed by atoms with Gasteiger partial charge in [-0.25, -0.2) is 4.79 Å². The van der Waals surface area contributed by atoms with E-state index in [0.717, 1.165) is 45.7 Å². The lowest BCUT2D eigenvalue weighted by Gasteiger charge is -2.22. The lowest BCUT2D eigenvalue weighted by atomic mass is 10.3. The van der Waals surface area contributed by atoms with Gasteiger partial charge in [-0.2, -0.15) is 5.10 Å². The van der Waals surface area contributed by atoms with Crippen LogP contribution in [0, 0.1) is 0 Å². The fourth-order valence-corrected chi connectivity index (χ4v) is 3.02. The number of urea groups is 1. The summed E-state index contributed by atoms with van der Waals surface area (Å²) in [6, 6.07) is 9.33. The fourth-order valence-electron chi connectivity index (χ4n) is 3.02. The molecule has 1 N–H and O–H groups in total. The number of nitrogens with one attached hydrogen (secondary N) is 1. The number of aromatic nitrogens is 2. The van der Waals surface area contributed by atoms with Gasteiger partial charge in [0.25, 0.3) is 0 Å². The van der Waals surface area contributed by atoms with E-state index >= 15 is 0 Å². The summed E-state index contributed by atoms with van der Waals surface area (Å²) in [5.41, 5.74) is 0.704. The van der Waals surface area contributed by atoms with Gasteiger partial charge in [0.05, 0.1) is 19.3 Å². The SMILES string of the molecule is COc1ccccc1NC(=O)N1CCCN(CCn2cccn2)CC1. The molecule has 0 atom stereocenters. The van der Waals surface area contributed by atoms with Crippen LogP contribution in [0.2, 0.25) is 0 Å². The van der Waals surface area contributed by atoms with Crippen molar-refractivity contribution in [3.8, 4) is 5.75 Å². The number of carbonyl (C=O) groups is 1. The van der Waals surface area contributed by atoms with Crippen molar-refractivity contribution in [2.45, 2.75) is 13.0 Å². The van der Waals surface area contributed by atoms with Crippen LogP contribution in [0.5, 0.6) is 5.75 Å². The van der Waals surface area contributed by atoms with Gasteiger partial charge in [-0.3, -0.25) is 9.58 Å². The van der Waals surface area contributed by atoms with E-state index in [9.17, 15) is 4.79 Å². The maximum absolute atomic E-state index is 12.6. The van der Waals surface area contributed by atoms with Crippen LogP contribution in [-0.4, -0.2) is 65.4 Å². The third-order valence-corrected chi connectivity index (χ3v) is 4.43. The molecule has 134 valence electrons. The molecule has 0 spiro atoms. The Kier molecular flexibility index (Phi) is 5.90. The van der Waals surface area contributed by atoms with Crippen LogP contribution in [-0.2, 0) is 6.54 Å². The first-order valence-corrected chi connectivity index (χ1v) is 8.65. The first-order valence-electron chi connectivity index (χ1n) is 8.65. The van der Waals surface area contributed by atoms with Gasteiger partial charge in [0.15, 0.2) is 0 Å². The van der Waals surface area contributed by atoms with Gasteiger partial charge >= 0.3 is 6.03 Å². The number of methoxy groups -OCH3 is 1. The first kappa shape index (κ1) is 17.3. The second-order valence-corrected chi connectivity index (χ2v) is 6.08. The molecule has 1 saturated heterocycles. The molecule has 1 aliphatic heterocycles. The Balaban J connectivity index is 1.51. The van der Waals surface area contributed by atoms with Crippen LogP contribution in [0.15, 0.2) is 42.7 Å². The molecule has 1 aromatic heterocycles. The van der Waals surface area contributed by atoms with Crippen LogP contribution < -0.4 is 10.1 Å². The highest BCUT2D eigenvalue weighted by molar-refractivity contribution is 5.91. The fraction of sp³-hybridized carbons (Fsp3) is 0.444. The summed E-state index contributed by atoms with van der Waals surface area (Å²) in [5.74, 6) is 0.673. The molecule has 7 nitrogen and oxygen atoms in total. The Hall–Kier alpha value is -2.54. The molecule has 3 rings (SSSR count). The molecular weight excluding hydrogens is 318 g/mol. The van der Waals surface area contributed by atoms with Crippen LogP contribution in [0.3, 0.4) is 0 Å². The Bertz CT molecular complexity index is 674. The maximum Gasteiger partial charge on any atom is 0.321 e. The lowest BCUT2D eigenvalue weighted by Crippen LogP contribution is -2.38. The van der Waals surface area contributed by atoms with Gasteiger partial charge in [0.2, 0.25) is 0 Å². The normalized spacial score (nSPS) is 15.6. The molecule has 0 unspecified atom stereocenters. The van der Waals surface area contributed by atoms with Crippen molar-refractivity contribution in [1.82, 2.24) is 19.6 Å². The number of anilines is 1. The summed E-state index contributed by atoms with van der Waals surface area (Å²) in [5, 5.41) is 7.19. The minimum absolute atomic E-state index is 0.0709. The molecule has 0 bridgehead atoms. The van der Waals surface area contributed by atoms with Crippen LogP contribution in [0.1, 0.15) is 6.42 Å². The number of amides is 2. The monoisotopic (exact) mass is 343 g/mol. The number of para-hydroxylation sites is 2. The molecule has 2 amide bonds. The second-order valence-electron chi connectivity index (χ2n) is 6.08. The maximum atomic E-state index is 12.6. The Morgan fingerprint density at radius 1 is 1.16 bits per heavy atom. The van der Waals surface area contributed by atoms with Gasteiger partial charge in [0, 0.05) is 38.6 Å². The van der Waals surface area contributed by atoms with Gasteiger partial charge in [-0.1, -0.05) is 12.1 Å². The minimum atomic E-state index is -0.0709. The number of hydrogen-bond donors (Lipinski definition) is 1. The predicted octanol–water partition coefficient (Wildman–Crippen LogP) is 2.13. The number of ether oxygens (including phenoxy) is 1. The number of benzene rings is 1. The summed E-state index contributed by atoms with van der Waals surface area (Å²) in [6.07, 6.45) is 4.75. The third-order valence-electron chi connectivity index (χ3n) is 4.43. The molecule has 0 aliphatic carbocycles. The van der Waals surface area contributed by atoms with Gasteiger partial charge in [-0.05, 0) is 31.2 Å². The van der Waals surface area contributed by atoms with Crippen molar-refractivity contribution in [2.24, 2.45) is 0 Å². The molecule has 25 heavy (non-hydrogen) atoms. The molecule has 1 fully saturated rings.